The number of aliphatic carboxylic acids is 1. The van der Waals surface area contributed by atoms with Gasteiger partial charge in [0.25, 0.3) is 0 Å². The summed E-state index contributed by atoms with van der Waals surface area (Å²) in [6.07, 6.45) is 2.27. The zero-order valence-electron chi connectivity index (χ0n) is 23.3. The standard InChI is InChI=1S/C32H36O6.Na/c1-19-11-26(38-18-24(34)16-33)12-20(2)31(19)27-6-4-5-22(21(27)3)17-37-25-7-8-28-23(13-25)15-32(9-10-32)29(28)14-30(35)36;/h4-8,11-13,24,29,33-34H,9-10,14-18H2,1-3H3,(H,35,36);/q;+1/p-1/t24-,29?;/m0./s1. The summed E-state index contributed by atoms with van der Waals surface area (Å²) in [5, 5.41) is 30.0. The molecule has 1 spiro atoms. The van der Waals surface area contributed by atoms with Gasteiger partial charge >= 0.3 is 29.6 Å². The number of carbonyl (C=O) groups excluding carboxylic acids is 1. The molecule has 2 aliphatic carbocycles. The number of aryl methyl sites for hydroxylation is 2. The maximum Gasteiger partial charge on any atom is 1.00 e. The molecule has 2 atom stereocenters. The molecule has 6 nitrogen and oxygen atoms in total. The van der Waals surface area contributed by atoms with Crippen LogP contribution in [0.2, 0.25) is 0 Å². The second kappa shape index (κ2) is 12.0. The van der Waals surface area contributed by atoms with E-state index in [4.69, 9.17) is 14.6 Å². The first kappa shape index (κ1) is 29.6. The number of ether oxygens (including phenoxy) is 2. The van der Waals surface area contributed by atoms with Gasteiger partial charge in [0.15, 0.2) is 0 Å². The first-order valence-electron chi connectivity index (χ1n) is 13.3. The molecule has 0 bridgehead atoms. The minimum absolute atomic E-state index is 0. The number of aliphatic hydroxyl groups is 2. The van der Waals surface area contributed by atoms with Crippen molar-refractivity contribution in [1.82, 2.24) is 0 Å². The Bertz CT molecular complexity index is 1340. The van der Waals surface area contributed by atoms with Crippen LogP contribution in [0.3, 0.4) is 0 Å². The van der Waals surface area contributed by atoms with Crippen LogP contribution in [-0.4, -0.2) is 35.5 Å². The summed E-state index contributed by atoms with van der Waals surface area (Å²) in [6, 6.07) is 16.3. The predicted octanol–water partition coefficient (Wildman–Crippen LogP) is 1.15. The Morgan fingerprint density at radius 1 is 1.05 bits per heavy atom. The van der Waals surface area contributed by atoms with Crippen LogP contribution in [0.4, 0.5) is 0 Å². The molecule has 0 radical (unpaired) electrons. The van der Waals surface area contributed by atoms with Crippen molar-refractivity contribution in [3.05, 3.63) is 81.9 Å². The predicted molar refractivity (Wildman–Crippen MR) is 143 cm³/mol. The number of fused-ring (bicyclic) bond motifs is 1. The molecular formula is C32H35NaO6. The molecule has 3 aromatic rings. The van der Waals surface area contributed by atoms with Gasteiger partial charge in [0.05, 0.1) is 6.61 Å². The summed E-state index contributed by atoms with van der Waals surface area (Å²) in [7, 11) is 0. The quantitative estimate of drug-likeness (QED) is 0.376. The molecule has 0 saturated heterocycles. The van der Waals surface area contributed by atoms with Crippen molar-refractivity contribution in [3.8, 4) is 22.6 Å². The maximum absolute atomic E-state index is 11.3. The van der Waals surface area contributed by atoms with Gasteiger partial charge in [0.2, 0.25) is 0 Å². The Hall–Kier alpha value is -2.35. The third-order valence-corrected chi connectivity index (χ3v) is 8.30. The first-order valence-corrected chi connectivity index (χ1v) is 13.3. The number of benzene rings is 3. The van der Waals surface area contributed by atoms with E-state index in [9.17, 15) is 15.0 Å². The molecule has 1 fully saturated rings. The topological polar surface area (TPSA) is 99.1 Å². The van der Waals surface area contributed by atoms with Crippen molar-refractivity contribution in [3.63, 3.8) is 0 Å². The molecule has 0 amide bonds. The van der Waals surface area contributed by atoms with Crippen molar-refractivity contribution in [1.29, 1.82) is 0 Å². The second-order valence-electron chi connectivity index (χ2n) is 11.0. The summed E-state index contributed by atoms with van der Waals surface area (Å²) in [4.78, 5) is 11.3. The molecule has 7 heteroatoms. The average Bonchev–Trinajstić information content (AvgIpc) is 3.59. The fourth-order valence-electron chi connectivity index (χ4n) is 6.13. The van der Waals surface area contributed by atoms with Crippen LogP contribution in [0.15, 0.2) is 48.5 Å². The van der Waals surface area contributed by atoms with Gasteiger partial charge < -0.3 is 29.6 Å². The summed E-state index contributed by atoms with van der Waals surface area (Å²) in [6.45, 7) is 6.35. The molecule has 0 aliphatic heterocycles. The number of carbonyl (C=O) groups is 1. The van der Waals surface area contributed by atoms with E-state index in [0.717, 1.165) is 64.0 Å². The van der Waals surface area contributed by atoms with Crippen molar-refractivity contribution >= 4 is 5.97 Å². The van der Waals surface area contributed by atoms with E-state index in [2.05, 4.69) is 25.1 Å². The Labute approximate surface area is 252 Å². The average molecular weight is 539 g/mol. The molecule has 0 aromatic heterocycles. The fraction of sp³-hybridized carbons (Fsp3) is 0.406. The largest absolute Gasteiger partial charge is 1.00 e. The number of carboxylic acids is 1. The Balaban J connectivity index is 0.00000353. The van der Waals surface area contributed by atoms with Crippen molar-refractivity contribution in [2.24, 2.45) is 5.41 Å². The number of hydrogen-bond donors (Lipinski definition) is 2. The van der Waals surface area contributed by atoms with Gasteiger partial charge in [-0.15, -0.1) is 0 Å². The molecule has 2 N–H and O–H groups in total. The summed E-state index contributed by atoms with van der Waals surface area (Å²) in [5.41, 5.74) is 9.12. The SMILES string of the molecule is Cc1cc(OC[C@@H](O)CO)cc(C)c1-c1cccc(COc2ccc3c(c2)CC2(CC2)C3CC(=O)[O-])c1C.[Na+]. The molecule has 3 aromatic carbocycles. The van der Waals surface area contributed by atoms with E-state index in [1.807, 2.05) is 44.2 Å². The Morgan fingerprint density at radius 2 is 1.77 bits per heavy atom. The zero-order chi connectivity index (χ0) is 27.0. The van der Waals surface area contributed by atoms with Crippen molar-refractivity contribution < 1.29 is 59.1 Å². The van der Waals surface area contributed by atoms with Crippen LogP contribution >= 0.6 is 0 Å². The molecule has 5 rings (SSSR count). The third-order valence-electron chi connectivity index (χ3n) is 8.30. The second-order valence-corrected chi connectivity index (χ2v) is 11.0. The summed E-state index contributed by atoms with van der Waals surface area (Å²) in [5.74, 6) is 0.550. The van der Waals surface area contributed by atoms with Gasteiger partial charge in [0, 0.05) is 5.97 Å². The summed E-state index contributed by atoms with van der Waals surface area (Å²) >= 11 is 0. The van der Waals surface area contributed by atoms with Gasteiger partial charge in [-0.05, 0) is 127 Å². The molecule has 0 heterocycles. The van der Waals surface area contributed by atoms with Gasteiger partial charge in [-0.2, -0.15) is 0 Å². The van der Waals surface area contributed by atoms with Crippen LogP contribution < -0.4 is 44.1 Å². The van der Waals surface area contributed by atoms with Crippen LogP contribution in [0.1, 0.15) is 58.6 Å². The van der Waals surface area contributed by atoms with Crippen molar-refractivity contribution in [2.75, 3.05) is 13.2 Å². The van der Waals surface area contributed by atoms with Crippen LogP contribution in [0, 0.1) is 26.2 Å². The van der Waals surface area contributed by atoms with Crippen LogP contribution in [-0.2, 0) is 17.8 Å². The van der Waals surface area contributed by atoms with E-state index in [-0.39, 0.29) is 60.5 Å². The molecule has 1 unspecified atom stereocenters. The van der Waals surface area contributed by atoms with E-state index in [1.165, 1.54) is 5.56 Å². The fourth-order valence-corrected chi connectivity index (χ4v) is 6.13. The maximum atomic E-state index is 11.3. The van der Waals surface area contributed by atoms with Gasteiger partial charge in [-0.1, -0.05) is 24.3 Å². The number of carboxylic acid groups (broad SMARTS) is 1. The minimum Gasteiger partial charge on any atom is -0.550 e. The monoisotopic (exact) mass is 538 g/mol. The number of hydrogen-bond acceptors (Lipinski definition) is 6. The number of rotatable bonds is 10. The van der Waals surface area contributed by atoms with E-state index in [0.29, 0.717) is 12.4 Å². The van der Waals surface area contributed by atoms with Gasteiger partial charge in [-0.25, -0.2) is 0 Å². The minimum atomic E-state index is -0.974. The third kappa shape index (κ3) is 6.21. The molecule has 1 saturated carbocycles. The molecular weight excluding hydrogens is 503 g/mol. The zero-order valence-corrected chi connectivity index (χ0v) is 25.3. The normalized spacial score (nSPS) is 17.3. The smallest absolute Gasteiger partial charge is 0.550 e. The number of aliphatic hydroxyl groups excluding tert-OH is 2. The van der Waals surface area contributed by atoms with E-state index < -0.39 is 12.1 Å². The molecule has 2 aliphatic rings. The van der Waals surface area contributed by atoms with E-state index >= 15 is 0 Å². The van der Waals surface area contributed by atoms with E-state index in [1.54, 1.807) is 0 Å². The molecule has 200 valence electrons. The molecule has 39 heavy (non-hydrogen) atoms. The van der Waals surface area contributed by atoms with Crippen LogP contribution in [0.25, 0.3) is 11.1 Å². The first-order chi connectivity index (χ1) is 18.2. The Morgan fingerprint density at radius 3 is 2.41 bits per heavy atom. The Kier molecular flexibility index (Phi) is 9.14. The van der Waals surface area contributed by atoms with Gasteiger partial charge in [0.1, 0.15) is 30.8 Å². The van der Waals surface area contributed by atoms with Crippen LogP contribution in [0.5, 0.6) is 11.5 Å². The summed E-state index contributed by atoms with van der Waals surface area (Å²) < 4.78 is 11.9. The van der Waals surface area contributed by atoms with Crippen molar-refractivity contribution in [2.45, 2.75) is 65.1 Å². The van der Waals surface area contributed by atoms with Gasteiger partial charge in [-0.3, -0.25) is 0 Å².